The van der Waals surface area contributed by atoms with Crippen LogP contribution in [-0.2, 0) is 36.1 Å². The number of aromatic carboxylic acids is 2. The molecule has 0 bridgehead atoms. The minimum atomic E-state index is -1.49. The molecule has 2 aromatic rings. The van der Waals surface area contributed by atoms with Crippen molar-refractivity contribution in [3.8, 4) is 0 Å². The summed E-state index contributed by atoms with van der Waals surface area (Å²) in [6, 6.07) is 10.7. The molecule has 0 atom stereocenters. The number of carboxylic acid groups (broad SMARTS) is 2. The molecular formula is C20H14CuO10. The number of esters is 4. The van der Waals surface area contributed by atoms with Gasteiger partial charge in [0.2, 0.25) is 0 Å². The number of benzene rings is 2. The number of hydrogen-bond acceptors (Lipinski definition) is 10. The number of ether oxygens (including phenoxy) is 2. The minimum Gasteiger partial charge on any atom is -0.545 e. The van der Waals surface area contributed by atoms with Crippen molar-refractivity contribution in [3.63, 3.8) is 0 Å². The van der Waals surface area contributed by atoms with Crippen LogP contribution in [-0.4, -0.2) is 35.8 Å². The summed E-state index contributed by atoms with van der Waals surface area (Å²) in [5.74, 6) is -6.58. The molecule has 0 aliphatic rings. The van der Waals surface area contributed by atoms with Gasteiger partial charge in [-0.1, -0.05) is 36.4 Å². The maximum absolute atomic E-state index is 11.2. The first kappa shape index (κ1) is 27.2. The van der Waals surface area contributed by atoms with Gasteiger partial charge in [-0.2, -0.15) is 0 Å². The van der Waals surface area contributed by atoms with Crippen LogP contribution in [0.2, 0.25) is 0 Å². The molecule has 0 saturated carbocycles. The van der Waals surface area contributed by atoms with E-state index >= 15 is 0 Å². The first-order valence-electron chi connectivity index (χ1n) is 8.10. The van der Waals surface area contributed by atoms with Crippen molar-refractivity contribution >= 4 is 35.8 Å². The Balaban J connectivity index is 0.000000562. The number of carbonyl (C=O) groups excluding carboxylic acids is 6. The van der Waals surface area contributed by atoms with Gasteiger partial charge >= 0.3 is 40.9 Å². The Morgan fingerprint density at radius 2 is 0.839 bits per heavy atom. The predicted octanol–water partition coefficient (Wildman–Crippen LogP) is -0.496. The van der Waals surface area contributed by atoms with Crippen LogP contribution in [0.15, 0.2) is 48.5 Å². The summed E-state index contributed by atoms with van der Waals surface area (Å²) in [4.78, 5) is 64.7. The monoisotopic (exact) mass is 477 g/mol. The normalized spacial score (nSPS) is 9.10. The molecule has 0 aliphatic heterocycles. The van der Waals surface area contributed by atoms with Gasteiger partial charge in [0.25, 0.3) is 0 Å². The average molecular weight is 478 g/mol. The Bertz CT molecular complexity index is 931. The van der Waals surface area contributed by atoms with E-state index in [9.17, 15) is 39.0 Å². The van der Waals surface area contributed by atoms with E-state index in [0.717, 1.165) is 13.8 Å². The van der Waals surface area contributed by atoms with Crippen molar-refractivity contribution in [1.29, 1.82) is 0 Å². The van der Waals surface area contributed by atoms with Crippen LogP contribution in [0.25, 0.3) is 0 Å². The Labute approximate surface area is 186 Å². The average Bonchev–Trinajstić information content (AvgIpc) is 2.67. The Morgan fingerprint density at radius 1 is 0.581 bits per heavy atom. The standard InChI is InChI=1S/2C10H8O5.Cu/c2*1-6(11)15-10(14)8-5-3-2-4-7(8)9(12)13;/h2*2-5H,1H3,(H,12,13);/q;;+2/p-2. The first-order chi connectivity index (χ1) is 14.0. The van der Waals surface area contributed by atoms with Crippen LogP contribution in [0, 0.1) is 0 Å². The fraction of sp³-hybridized carbons (Fsp3) is 0.100. The zero-order valence-corrected chi connectivity index (χ0v) is 16.9. The summed E-state index contributed by atoms with van der Waals surface area (Å²) in [5.41, 5.74) is -1.01. The van der Waals surface area contributed by atoms with Gasteiger partial charge in [-0.15, -0.1) is 0 Å². The minimum absolute atomic E-state index is 0. The van der Waals surface area contributed by atoms with E-state index in [0.29, 0.717) is 0 Å². The van der Waals surface area contributed by atoms with E-state index in [1.807, 2.05) is 0 Å². The number of carbonyl (C=O) groups is 6. The van der Waals surface area contributed by atoms with Gasteiger partial charge in [0, 0.05) is 25.0 Å². The van der Waals surface area contributed by atoms with Gasteiger partial charge in [-0.25, -0.2) is 9.59 Å². The van der Waals surface area contributed by atoms with Crippen molar-refractivity contribution in [2.75, 3.05) is 0 Å². The SMILES string of the molecule is CC(=O)OC(=O)c1ccccc1C(=O)[O-].CC(=O)OC(=O)c1ccccc1C(=O)[O-].[Cu+2]. The molecule has 1 radical (unpaired) electrons. The van der Waals surface area contributed by atoms with Crippen LogP contribution in [0.3, 0.4) is 0 Å². The summed E-state index contributed by atoms with van der Waals surface area (Å²) < 4.78 is 8.52. The maximum Gasteiger partial charge on any atom is 2.00 e. The second-order valence-electron chi connectivity index (χ2n) is 5.43. The summed E-state index contributed by atoms with van der Waals surface area (Å²) in [7, 11) is 0. The fourth-order valence-electron chi connectivity index (χ4n) is 2.05. The largest absolute Gasteiger partial charge is 2.00 e. The van der Waals surface area contributed by atoms with E-state index in [2.05, 4.69) is 9.47 Å². The van der Waals surface area contributed by atoms with Gasteiger partial charge in [0.1, 0.15) is 0 Å². The zero-order valence-electron chi connectivity index (χ0n) is 16.0. The zero-order chi connectivity index (χ0) is 22.8. The van der Waals surface area contributed by atoms with Crippen molar-refractivity contribution < 1.29 is 65.5 Å². The van der Waals surface area contributed by atoms with Crippen LogP contribution < -0.4 is 10.2 Å². The second kappa shape index (κ2) is 12.7. The second-order valence-corrected chi connectivity index (χ2v) is 5.43. The molecule has 0 N–H and O–H groups in total. The molecule has 0 heterocycles. The number of rotatable bonds is 4. The molecule has 0 amide bonds. The molecule has 10 nitrogen and oxygen atoms in total. The Hall–Kier alpha value is -3.82. The van der Waals surface area contributed by atoms with Gasteiger partial charge in [-0.3, -0.25) is 9.59 Å². The molecule has 0 saturated heterocycles. The van der Waals surface area contributed by atoms with Crippen molar-refractivity contribution in [2.45, 2.75) is 13.8 Å². The molecule has 0 fully saturated rings. The van der Waals surface area contributed by atoms with Gasteiger partial charge in [-0.05, 0) is 12.1 Å². The molecule has 31 heavy (non-hydrogen) atoms. The van der Waals surface area contributed by atoms with Crippen LogP contribution in [0.5, 0.6) is 0 Å². The molecule has 2 aromatic carbocycles. The third-order valence-electron chi connectivity index (χ3n) is 3.21. The fourth-order valence-corrected chi connectivity index (χ4v) is 2.05. The Kier molecular flexibility index (Phi) is 11.1. The molecule has 0 spiro atoms. The quantitative estimate of drug-likeness (QED) is 0.318. The molecule has 0 aromatic heterocycles. The van der Waals surface area contributed by atoms with Crippen LogP contribution in [0.4, 0.5) is 0 Å². The summed E-state index contributed by atoms with van der Waals surface area (Å²) in [6.45, 7) is 2.11. The van der Waals surface area contributed by atoms with E-state index in [4.69, 9.17) is 0 Å². The maximum atomic E-state index is 11.2. The molecule has 11 heteroatoms. The molecule has 165 valence electrons. The number of carboxylic acids is 2. The van der Waals surface area contributed by atoms with E-state index in [1.165, 1.54) is 48.5 Å². The van der Waals surface area contributed by atoms with Crippen LogP contribution >= 0.6 is 0 Å². The smallest absolute Gasteiger partial charge is 0.545 e. The topological polar surface area (TPSA) is 167 Å². The van der Waals surface area contributed by atoms with E-state index in [1.54, 1.807) is 0 Å². The molecule has 0 aliphatic carbocycles. The van der Waals surface area contributed by atoms with Gasteiger partial charge < -0.3 is 29.3 Å². The molecular weight excluding hydrogens is 464 g/mol. The van der Waals surface area contributed by atoms with Gasteiger partial charge in [0.05, 0.1) is 23.1 Å². The summed E-state index contributed by atoms with van der Waals surface area (Å²) >= 11 is 0. The van der Waals surface area contributed by atoms with Crippen LogP contribution in [0.1, 0.15) is 55.3 Å². The van der Waals surface area contributed by atoms with Crippen molar-refractivity contribution in [2.24, 2.45) is 0 Å². The predicted molar refractivity (Wildman–Crippen MR) is 93.7 cm³/mol. The third kappa shape index (κ3) is 8.60. The Morgan fingerprint density at radius 3 is 1.06 bits per heavy atom. The van der Waals surface area contributed by atoms with Crippen molar-refractivity contribution in [1.82, 2.24) is 0 Å². The van der Waals surface area contributed by atoms with Gasteiger partial charge in [0.15, 0.2) is 0 Å². The summed E-state index contributed by atoms with van der Waals surface area (Å²) in [5, 5.41) is 21.2. The summed E-state index contributed by atoms with van der Waals surface area (Å²) in [6.07, 6.45) is 0. The van der Waals surface area contributed by atoms with E-state index < -0.39 is 35.8 Å². The third-order valence-corrected chi connectivity index (χ3v) is 3.21. The number of hydrogen-bond donors (Lipinski definition) is 0. The van der Waals surface area contributed by atoms with Crippen molar-refractivity contribution in [3.05, 3.63) is 70.8 Å². The first-order valence-corrected chi connectivity index (χ1v) is 8.10. The molecule has 2 rings (SSSR count). The molecule has 0 unspecified atom stereocenters. The van der Waals surface area contributed by atoms with E-state index in [-0.39, 0.29) is 39.3 Å².